The van der Waals surface area contributed by atoms with Crippen LogP contribution in [0, 0.1) is 11.7 Å². The molecule has 4 heteroatoms. The number of amides is 1. The highest BCUT2D eigenvalue weighted by molar-refractivity contribution is 5.79. The molecule has 1 atom stereocenters. The van der Waals surface area contributed by atoms with E-state index >= 15 is 0 Å². The number of carbonyl (C=O) groups excluding carboxylic acids is 1. The van der Waals surface area contributed by atoms with Gasteiger partial charge in [0.25, 0.3) is 0 Å². The maximum Gasteiger partial charge on any atom is 0.227 e. The third-order valence-corrected chi connectivity index (χ3v) is 4.28. The lowest BCUT2D eigenvalue weighted by Gasteiger charge is -2.30. The molecule has 1 heterocycles. The first kappa shape index (κ1) is 16.9. The van der Waals surface area contributed by atoms with Gasteiger partial charge in [0, 0.05) is 19.6 Å². The number of hydrogen-bond acceptors (Lipinski definition) is 2. The Hall–Kier alpha value is -1.42. The zero-order valence-electron chi connectivity index (χ0n) is 13.5. The fraction of sp³-hybridized carbons (Fsp3) is 0.611. The number of piperidine rings is 1. The van der Waals surface area contributed by atoms with Crippen LogP contribution in [-0.4, -0.2) is 30.4 Å². The molecule has 1 unspecified atom stereocenters. The Kier molecular flexibility index (Phi) is 6.84. The third-order valence-electron chi connectivity index (χ3n) is 4.28. The fourth-order valence-electron chi connectivity index (χ4n) is 2.95. The van der Waals surface area contributed by atoms with Crippen LogP contribution in [0.1, 0.15) is 44.6 Å². The molecule has 22 heavy (non-hydrogen) atoms. The molecule has 1 saturated heterocycles. The van der Waals surface area contributed by atoms with Gasteiger partial charge in [-0.15, -0.1) is 0 Å². The monoisotopic (exact) mass is 306 g/mol. The molecule has 1 aromatic rings. The average molecular weight is 306 g/mol. The summed E-state index contributed by atoms with van der Waals surface area (Å²) in [7, 11) is 0. The minimum atomic E-state index is -0.232. The predicted molar refractivity (Wildman–Crippen MR) is 86.9 cm³/mol. The Balaban J connectivity index is 2.00. The van der Waals surface area contributed by atoms with Crippen LogP contribution in [0.3, 0.4) is 0 Å². The maximum absolute atomic E-state index is 13.0. The average Bonchev–Trinajstić information content (AvgIpc) is 2.56. The highest BCUT2D eigenvalue weighted by Gasteiger charge is 2.25. The molecule has 0 radical (unpaired) electrons. The predicted octanol–water partition coefficient (Wildman–Crippen LogP) is 3.34. The maximum atomic E-state index is 13.0. The second-order valence-electron chi connectivity index (χ2n) is 6.14. The van der Waals surface area contributed by atoms with Gasteiger partial charge in [-0.1, -0.05) is 31.9 Å². The summed E-state index contributed by atoms with van der Waals surface area (Å²) in [6, 6.07) is 6.47. The quantitative estimate of drug-likeness (QED) is 0.784. The molecule has 0 aliphatic carbocycles. The topological polar surface area (TPSA) is 32.3 Å². The van der Waals surface area contributed by atoms with Crippen LogP contribution in [0.15, 0.2) is 24.3 Å². The molecule has 1 fully saturated rings. The van der Waals surface area contributed by atoms with Gasteiger partial charge in [-0.25, -0.2) is 4.39 Å². The number of hydrogen-bond donors (Lipinski definition) is 1. The van der Waals surface area contributed by atoms with Crippen molar-refractivity contribution in [3.8, 4) is 0 Å². The summed E-state index contributed by atoms with van der Waals surface area (Å²) in [5.74, 6) is 0.104. The normalized spacial score (nSPS) is 18.2. The van der Waals surface area contributed by atoms with Crippen LogP contribution in [0.25, 0.3) is 0 Å². The Morgan fingerprint density at radius 2 is 2.09 bits per heavy atom. The molecular weight excluding hydrogens is 279 g/mol. The second-order valence-corrected chi connectivity index (χ2v) is 6.14. The van der Waals surface area contributed by atoms with Crippen LogP contribution >= 0.6 is 0 Å². The molecule has 0 aromatic heterocycles. The zero-order valence-corrected chi connectivity index (χ0v) is 13.5. The van der Waals surface area contributed by atoms with Gasteiger partial charge in [-0.2, -0.15) is 0 Å². The minimum Gasteiger partial charge on any atom is -0.338 e. The summed E-state index contributed by atoms with van der Waals surface area (Å²) in [6.45, 7) is 5.33. The molecule has 1 aliphatic heterocycles. The lowest BCUT2D eigenvalue weighted by Crippen LogP contribution is -2.43. The number of halogens is 1. The molecule has 2 rings (SSSR count). The molecule has 3 nitrogen and oxygen atoms in total. The van der Waals surface area contributed by atoms with Gasteiger partial charge in [0.1, 0.15) is 5.82 Å². The third kappa shape index (κ3) is 5.09. The van der Waals surface area contributed by atoms with E-state index in [9.17, 15) is 9.18 Å². The molecule has 122 valence electrons. The van der Waals surface area contributed by atoms with E-state index in [-0.39, 0.29) is 17.6 Å². The van der Waals surface area contributed by atoms with Gasteiger partial charge in [0.2, 0.25) is 5.91 Å². The summed E-state index contributed by atoms with van der Waals surface area (Å²) in [5, 5.41) is 3.31. The Morgan fingerprint density at radius 3 is 2.73 bits per heavy atom. The van der Waals surface area contributed by atoms with Crippen molar-refractivity contribution in [1.82, 2.24) is 10.2 Å². The van der Waals surface area contributed by atoms with Crippen LogP contribution < -0.4 is 5.32 Å². The molecule has 0 bridgehead atoms. The minimum absolute atomic E-state index is 0.0934. The highest BCUT2D eigenvalue weighted by Crippen LogP contribution is 2.17. The van der Waals surface area contributed by atoms with Crippen molar-refractivity contribution < 1.29 is 9.18 Å². The van der Waals surface area contributed by atoms with E-state index in [1.807, 2.05) is 4.90 Å². The Morgan fingerprint density at radius 1 is 1.32 bits per heavy atom. The largest absolute Gasteiger partial charge is 0.338 e. The fourth-order valence-corrected chi connectivity index (χ4v) is 2.95. The van der Waals surface area contributed by atoms with E-state index < -0.39 is 0 Å². The zero-order chi connectivity index (χ0) is 15.8. The number of nitrogens with zero attached hydrogens (tertiary/aromatic N) is 1. The van der Waals surface area contributed by atoms with Crippen molar-refractivity contribution in [2.24, 2.45) is 5.92 Å². The van der Waals surface area contributed by atoms with Gasteiger partial charge in [-0.3, -0.25) is 4.79 Å². The molecule has 1 amide bonds. The van der Waals surface area contributed by atoms with Crippen molar-refractivity contribution in [2.45, 2.75) is 45.6 Å². The van der Waals surface area contributed by atoms with E-state index in [0.717, 1.165) is 57.3 Å². The second kappa shape index (κ2) is 8.89. The van der Waals surface area contributed by atoms with Crippen LogP contribution in [-0.2, 0) is 11.3 Å². The van der Waals surface area contributed by atoms with Gasteiger partial charge >= 0.3 is 0 Å². The van der Waals surface area contributed by atoms with Crippen LogP contribution in [0.2, 0.25) is 0 Å². The summed E-state index contributed by atoms with van der Waals surface area (Å²) >= 11 is 0. The highest BCUT2D eigenvalue weighted by atomic mass is 19.1. The molecule has 1 aromatic carbocycles. The lowest BCUT2D eigenvalue weighted by molar-refractivity contribution is -0.136. The summed E-state index contributed by atoms with van der Waals surface area (Å²) < 4.78 is 13.0. The van der Waals surface area contributed by atoms with Gasteiger partial charge < -0.3 is 10.2 Å². The first-order chi connectivity index (χ1) is 10.7. The van der Waals surface area contributed by atoms with Crippen LogP contribution in [0.5, 0.6) is 0 Å². The lowest BCUT2D eigenvalue weighted by atomic mass is 9.97. The standard InChI is InChI=1S/C18H27FN2O/c1-2-3-4-12-21(14-15-7-9-17(19)10-8-15)18(22)16-6-5-11-20-13-16/h7-10,16,20H,2-6,11-14H2,1H3. The summed E-state index contributed by atoms with van der Waals surface area (Å²) in [4.78, 5) is 14.7. The van der Waals surface area contributed by atoms with Gasteiger partial charge in [0.05, 0.1) is 5.92 Å². The smallest absolute Gasteiger partial charge is 0.227 e. The number of rotatable bonds is 7. The van der Waals surface area contributed by atoms with E-state index in [1.165, 1.54) is 12.1 Å². The number of carbonyl (C=O) groups is 1. The number of nitrogens with one attached hydrogen (secondary N) is 1. The van der Waals surface area contributed by atoms with Crippen molar-refractivity contribution in [3.05, 3.63) is 35.6 Å². The van der Waals surface area contributed by atoms with E-state index in [0.29, 0.717) is 6.54 Å². The van der Waals surface area contributed by atoms with Crippen molar-refractivity contribution >= 4 is 5.91 Å². The van der Waals surface area contributed by atoms with E-state index in [2.05, 4.69) is 12.2 Å². The molecular formula is C18H27FN2O. The van der Waals surface area contributed by atoms with E-state index in [1.54, 1.807) is 12.1 Å². The summed E-state index contributed by atoms with van der Waals surface area (Å²) in [6.07, 6.45) is 5.35. The molecule has 0 spiro atoms. The Labute approximate surface area is 132 Å². The Bertz CT molecular complexity index is 455. The number of unbranched alkanes of at least 4 members (excludes halogenated alkanes) is 2. The van der Waals surface area contributed by atoms with Crippen molar-refractivity contribution in [2.75, 3.05) is 19.6 Å². The van der Waals surface area contributed by atoms with Crippen LogP contribution in [0.4, 0.5) is 4.39 Å². The molecule has 1 N–H and O–H groups in total. The molecule has 1 aliphatic rings. The summed E-state index contributed by atoms with van der Waals surface area (Å²) in [5.41, 5.74) is 0.995. The van der Waals surface area contributed by atoms with Crippen molar-refractivity contribution in [3.63, 3.8) is 0 Å². The first-order valence-corrected chi connectivity index (χ1v) is 8.44. The SMILES string of the molecule is CCCCCN(Cc1ccc(F)cc1)C(=O)C1CCCNC1. The number of benzene rings is 1. The first-order valence-electron chi connectivity index (χ1n) is 8.44. The van der Waals surface area contributed by atoms with E-state index in [4.69, 9.17) is 0 Å². The van der Waals surface area contributed by atoms with Gasteiger partial charge in [0.15, 0.2) is 0 Å². The molecule has 0 saturated carbocycles. The van der Waals surface area contributed by atoms with Gasteiger partial charge in [-0.05, 0) is 43.5 Å². The van der Waals surface area contributed by atoms with Crippen molar-refractivity contribution in [1.29, 1.82) is 0 Å².